The van der Waals surface area contributed by atoms with Gasteiger partial charge in [0, 0.05) is 31.7 Å². The second-order valence-electron chi connectivity index (χ2n) is 7.62. The number of hydrogen-bond acceptors (Lipinski definition) is 5. The van der Waals surface area contributed by atoms with E-state index < -0.39 is 5.60 Å². The first-order valence-electron chi connectivity index (χ1n) is 8.52. The van der Waals surface area contributed by atoms with Gasteiger partial charge in [0.2, 0.25) is 0 Å². The number of carbonyl (C=O) groups is 1. The molecule has 0 aromatic carbocycles. The Balaban J connectivity index is 1.70. The van der Waals surface area contributed by atoms with Crippen molar-refractivity contribution in [2.75, 3.05) is 31.1 Å². The predicted octanol–water partition coefficient (Wildman–Crippen LogP) is 3.05. The molecule has 1 fully saturated rings. The van der Waals surface area contributed by atoms with E-state index in [1.165, 1.54) is 5.56 Å². The number of hydrogen-bond donors (Lipinski definition) is 0. The van der Waals surface area contributed by atoms with Crippen molar-refractivity contribution in [1.82, 2.24) is 14.9 Å². The lowest BCUT2D eigenvalue weighted by atomic mass is 10.1. The lowest BCUT2D eigenvalue weighted by Gasteiger charge is -2.37. The average Bonchev–Trinajstić information content (AvgIpc) is 2.81. The van der Waals surface area contributed by atoms with Gasteiger partial charge in [-0.15, -0.1) is 0 Å². The monoisotopic (exact) mass is 330 g/mol. The Hall–Kier alpha value is -2.11. The molecule has 6 heteroatoms. The molecule has 1 atom stereocenters. The maximum Gasteiger partial charge on any atom is 0.410 e. The van der Waals surface area contributed by atoms with Crippen LogP contribution in [0.1, 0.15) is 51.3 Å². The molecule has 24 heavy (non-hydrogen) atoms. The number of fused-ring (bicyclic) bond motifs is 1. The van der Waals surface area contributed by atoms with E-state index in [1.807, 2.05) is 20.8 Å². The number of aromatic nitrogens is 2. The van der Waals surface area contributed by atoms with Crippen molar-refractivity contribution in [3.63, 3.8) is 0 Å². The van der Waals surface area contributed by atoms with Crippen molar-refractivity contribution < 1.29 is 9.53 Å². The third kappa shape index (κ3) is 3.23. The molecule has 3 rings (SSSR count). The fourth-order valence-corrected chi connectivity index (χ4v) is 3.37. The van der Waals surface area contributed by atoms with Crippen LogP contribution in [0.2, 0.25) is 0 Å². The van der Waals surface area contributed by atoms with Crippen LogP contribution in [0.4, 0.5) is 10.6 Å². The molecule has 2 aliphatic rings. The van der Waals surface area contributed by atoms with Crippen molar-refractivity contribution in [1.29, 1.82) is 0 Å². The van der Waals surface area contributed by atoms with Gasteiger partial charge >= 0.3 is 6.09 Å². The third-order valence-corrected chi connectivity index (χ3v) is 4.47. The maximum atomic E-state index is 12.2. The topological polar surface area (TPSA) is 58.6 Å². The molecule has 0 spiro atoms. The van der Waals surface area contributed by atoms with E-state index in [1.54, 1.807) is 11.2 Å². The highest BCUT2D eigenvalue weighted by atomic mass is 16.6. The molecule has 130 valence electrons. The minimum atomic E-state index is -0.461. The smallest absolute Gasteiger partial charge is 0.410 e. The van der Waals surface area contributed by atoms with Gasteiger partial charge in [-0.1, -0.05) is 13.5 Å². The molecule has 1 aromatic heterocycles. The predicted molar refractivity (Wildman–Crippen MR) is 94.1 cm³/mol. The summed E-state index contributed by atoms with van der Waals surface area (Å²) in [6.45, 7) is 14.8. The van der Waals surface area contributed by atoms with E-state index in [-0.39, 0.29) is 6.09 Å². The summed E-state index contributed by atoms with van der Waals surface area (Å²) in [5.41, 5.74) is 2.83. The van der Waals surface area contributed by atoms with E-state index in [2.05, 4.69) is 28.4 Å². The number of piperazine rings is 1. The fraction of sp³-hybridized carbons (Fsp3) is 0.611. The van der Waals surface area contributed by atoms with Crippen LogP contribution in [0.5, 0.6) is 0 Å². The van der Waals surface area contributed by atoms with E-state index in [9.17, 15) is 4.79 Å². The van der Waals surface area contributed by atoms with Gasteiger partial charge in [0.15, 0.2) is 0 Å². The minimum absolute atomic E-state index is 0.239. The molecule has 0 unspecified atom stereocenters. The summed E-state index contributed by atoms with van der Waals surface area (Å²) >= 11 is 0. The summed E-state index contributed by atoms with van der Waals surface area (Å²) in [6, 6.07) is 0. The summed E-state index contributed by atoms with van der Waals surface area (Å²) in [6.07, 6.45) is 2.33. The zero-order valence-corrected chi connectivity index (χ0v) is 15.0. The number of amides is 1. The molecule has 0 N–H and O–H groups in total. The molecule has 0 saturated carbocycles. The Labute approximate surface area is 143 Å². The molecule has 1 aliphatic heterocycles. The van der Waals surface area contributed by atoms with Crippen molar-refractivity contribution in [3.05, 3.63) is 24.2 Å². The van der Waals surface area contributed by atoms with Crippen LogP contribution in [0.15, 0.2) is 12.9 Å². The van der Waals surface area contributed by atoms with E-state index in [0.717, 1.165) is 36.6 Å². The van der Waals surface area contributed by atoms with Gasteiger partial charge in [-0.25, -0.2) is 14.8 Å². The summed E-state index contributed by atoms with van der Waals surface area (Å²) in [4.78, 5) is 25.1. The standard InChI is InChI=1S/C18H26N4O2/c1-12-10-13(2)15-14(12)16(20-11-19-15)21-6-8-22(9-7-21)17(23)24-18(3,4)5/h11-12H,2,6-10H2,1,3-5H3/t12-/m1/s1. The van der Waals surface area contributed by atoms with Crippen LogP contribution >= 0.6 is 0 Å². The Morgan fingerprint density at radius 1 is 1.25 bits per heavy atom. The molecule has 0 radical (unpaired) electrons. The highest BCUT2D eigenvalue weighted by Crippen LogP contribution is 2.42. The van der Waals surface area contributed by atoms with Gasteiger partial charge in [0.25, 0.3) is 0 Å². The lowest BCUT2D eigenvalue weighted by Crippen LogP contribution is -2.50. The van der Waals surface area contributed by atoms with Crippen molar-refractivity contribution >= 4 is 17.5 Å². The Morgan fingerprint density at radius 3 is 2.54 bits per heavy atom. The van der Waals surface area contributed by atoms with Gasteiger partial charge in [0.1, 0.15) is 17.7 Å². The quantitative estimate of drug-likeness (QED) is 0.792. The first-order valence-corrected chi connectivity index (χ1v) is 8.52. The van der Waals surface area contributed by atoms with Crippen LogP contribution in [0, 0.1) is 0 Å². The highest BCUT2D eigenvalue weighted by molar-refractivity contribution is 5.74. The SMILES string of the molecule is C=C1C[C@@H](C)c2c1ncnc2N1CCN(C(=O)OC(C)(C)C)CC1. The van der Waals surface area contributed by atoms with Crippen LogP contribution in [-0.4, -0.2) is 52.7 Å². The molecule has 2 heterocycles. The molecule has 1 aliphatic carbocycles. The Bertz CT molecular complexity index is 657. The second-order valence-corrected chi connectivity index (χ2v) is 7.62. The van der Waals surface area contributed by atoms with E-state index in [0.29, 0.717) is 19.0 Å². The van der Waals surface area contributed by atoms with Gasteiger partial charge in [0.05, 0.1) is 5.69 Å². The normalized spacial score (nSPS) is 21.0. The van der Waals surface area contributed by atoms with E-state index >= 15 is 0 Å². The number of carbonyl (C=O) groups excluding carboxylic acids is 1. The summed E-state index contributed by atoms with van der Waals surface area (Å²) in [5.74, 6) is 1.39. The first kappa shape index (κ1) is 16.7. The summed E-state index contributed by atoms with van der Waals surface area (Å²) < 4.78 is 5.45. The number of ether oxygens (including phenoxy) is 1. The number of anilines is 1. The van der Waals surface area contributed by atoms with Crippen molar-refractivity contribution in [2.45, 2.75) is 45.6 Å². The van der Waals surface area contributed by atoms with Crippen molar-refractivity contribution in [2.24, 2.45) is 0 Å². The summed E-state index contributed by atoms with van der Waals surface area (Å²) in [5, 5.41) is 0. The number of rotatable bonds is 1. The second kappa shape index (κ2) is 6.07. The zero-order valence-electron chi connectivity index (χ0n) is 15.0. The van der Waals surface area contributed by atoms with Gasteiger partial charge in [-0.3, -0.25) is 0 Å². The largest absolute Gasteiger partial charge is 0.444 e. The van der Waals surface area contributed by atoms with Crippen molar-refractivity contribution in [3.8, 4) is 0 Å². The Kier molecular flexibility index (Phi) is 4.24. The lowest BCUT2D eigenvalue weighted by molar-refractivity contribution is 0.0240. The van der Waals surface area contributed by atoms with Crippen LogP contribution < -0.4 is 4.90 Å². The summed E-state index contributed by atoms with van der Waals surface area (Å²) in [7, 11) is 0. The third-order valence-electron chi connectivity index (χ3n) is 4.47. The molecule has 1 amide bonds. The maximum absolute atomic E-state index is 12.2. The fourth-order valence-electron chi connectivity index (χ4n) is 3.37. The molecule has 1 saturated heterocycles. The molecular weight excluding hydrogens is 304 g/mol. The molecule has 6 nitrogen and oxygen atoms in total. The molecular formula is C18H26N4O2. The number of allylic oxidation sites excluding steroid dienone is 1. The molecule has 0 bridgehead atoms. The Morgan fingerprint density at radius 2 is 1.92 bits per heavy atom. The van der Waals surface area contributed by atoms with Crippen LogP contribution in [-0.2, 0) is 4.74 Å². The van der Waals surface area contributed by atoms with E-state index in [4.69, 9.17) is 4.74 Å². The molecule has 1 aromatic rings. The van der Waals surface area contributed by atoms with Gasteiger partial charge in [-0.2, -0.15) is 0 Å². The van der Waals surface area contributed by atoms with Gasteiger partial charge in [-0.05, 0) is 38.7 Å². The number of nitrogens with zero attached hydrogens (tertiary/aromatic N) is 4. The first-order chi connectivity index (χ1) is 11.3. The van der Waals surface area contributed by atoms with Crippen LogP contribution in [0.3, 0.4) is 0 Å². The van der Waals surface area contributed by atoms with Gasteiger partial charge < -0.3 is 14.5 Å². The zero-order chi connectivity index (χ0) is 17.5. The van der Waals surface area contributed by atoms with Crippen LogP contribution in [0.25, 0.3) is 5.57 Å². The average molecular weight is 330 g/mol. The highest BCUT2D eigenvalue weighted by Gasteiger charge is 2.32. The minimum Gasteiger partial charge on any atom is -0.444 e.